The molecule has 0 bridgehead atoms. The number of carboxylic acid groups (broad SMARTS) is 1. The Hall–Kier alpha value is -3.42. The SMILES string of the molecule is Cc1cccc(CC(CNC(=O)c2ccc(NC3CC3)c([N+](=O)[O-])c2)C(=O)O)c1. The Morgan fingerprint density at radius 1 is 1.24 bits per heavy atom. The lowest BCUT2D eigenvalue weighted by atomic mass is 9.98. The molecule has 8 nitrogen and oxygen atoms in total. The van der Waals surface area contributed by atoms with Crippen molar-refractivity contribution in [2.45, 2.75) is 32.2 Å². The number of carbonyl (C=O) groups is 2. The number of aryl methyl sites for hydroxylation is 1. The van der Waals surface area contributed by atoms with Gasteiger partial charge in [-0.05, 0) is 43.9 Å². The van der Waals surface area contributed by atoms with Crippen LogP contribution in [-0.4, -0.2) is 34.5 Å². The minimum absolute atomic E-state index is 0.0714. The molecule has 1 saturated carbocycles. The van der Waals surface area contributed by atoms with Crippen molar-refractivity contribution in [1.82, 2.24) is 5.32 Å². The molecule has 1 aliphatic rings. The molecule has 0 heterocycles. The average molecular weight is 397 g/mol. The Morgan fingerprint density at radius 2 is 2.00 bits per heavy atom. The highest BCUT2D eigenvalue weighted by Gasteiger charge is 2.26. The number of carbonyl (C=O) groups excluding carboxylic acids is 1. The molecule has 3 rings (SSSR count). The maximum absolute atomic E-state index is 12.5. The normalized spacial score (nSPS) is 14.1. The van der Waals surface area contributed by atoms with Crippen LogP contribution in [0.25, 0.3) is 0 Å². The molecular weight excluding hydrogens is 374 g/mol. The molecule has 0 spiro atoms. The summed E-state index contributed by atoms with van der Waals surface area (Å²) in [5.74, 6) is -2.35. The molecule has 8 heteroatoms. The predicted octanol–water partition coefficient (Wildman–Crippen LogP) is 3.15. The van der Waals surface area contributed by atoms with Gasteiger partial charge in [-0.1, -0.05) is 29.8 Å². The quantitative estimate of drug-likeness (QED) is 0.441. The fourth-order valence-corrected chi connectivity index (χ4v) is 3.08. The standard InChI is InChI=1S/C21H23N3O5/c1-13-3-2-4-14(9-13)10-16(21(26)27)12-22-20(25)15-5-8-18(23-17-6-7-17)19(11-15)24(28)29/h2-5,8-9,11,16-17,23H,6-7,10,12H2,1H3,(H,22,25)(H,26,27). The summed E-state index contributed by atoms with van der Waals surface area (Å²) in [6.45, 7) is 1.85. The monoisotopic (exact) mass is 397 g/mol. The highest BCUT2D eigenvalue weighted by molar-refractivity contribution is 5.96. The molecule has 3 N–H and O–H groups in total. The highest BCUT2D eigenvalue weighted by atomic mass is 16.6. The fourth-order valence-electron chi connectivity index (χ4n) is 3.08. The van der Waals surface area contributed by atoms with E-state index in [9.17, 15) is 24.8 Å². The molecule has 2 aromatic rings. The maximum atomic E-state index is 12.5. The number of anilines is 1. The van der Waals surface area contributed by atoms with E-state index in [1.807, 2.05) is 31.2 Å². The highest BCUT2D eigenvalue weighted by Crippen LogP contribution is 2.31. The number of nitrogens with zero attached hydrogens (tertiary/aromatic N) is 1. The molecule has 0 aliphatic heterocycles. The zero-order valence-corrected chi connectivity index (χ0v) is 16.1. The van der Waals surface area contributed by atoms with Crippen LogP contribution >= 0.6 is 0 Å². The summed E-state index contributed by atoms with van der Waals surface area (Å²) >= 11 is 0. The van der Waals surface area contributed by atoms with Crippen molar-refractivity contribution in [2.24, 2.45) is 5.92 Å². The van der Waals surface area contributed by atoms with Crippen molar-refractivity contribution < 1.29 is 19.6 Å². The van der Waals surface area contributed by atoms with E-state index in [1.165, 1.54) is 18.2 Å². The van der Waals surface area contributed by atoms with E-state index in [0.29, 0.717) is 5.69 Å². The first-order chi connectivity index (χ1) is 13.8. The molecule has 2 aromatic carbocycles. The van der Waals surface area contributed by atoms with Crippen LogP contribution in [0, 0.1) is 23.0 Å². The van der Waals surface area contributed by atoms with E-state index in [0.717, 1.165) is 24.0 Å². The van der Waals surface area contributed by atoms with Crippen LogP contribution in [0.4, 0.5) is 11.4 Å². The van der Waals surface area contributed by atoms with Gasteiger partial charge in [0.25, 0.3) is 11.6 Å². The second kappa shape index (κ2) is 8.72. The average Bonchev–Trinajstić information content (AvgIpc) is 3.48. The van der Waals surface area contributed by atoms with Gasteiger partial charge >= 0.3 is 5.97 Å². The molecular formula is C21H23N3O5. The van der Waals surface area contributed by atoms with E-state index < -0.39 is 22.7 Å². The molecule has 1 fully saturated rings. The van der Waals surface area contributed by atoms with E-state index in [1.54, 1.807) is 0 Å². The Kier molecular flexibility index (Phi) is 6.11. The predicted molar refractivity (Wildman–Crippen MR) is 108 cm³/mol. The number of benzene rings is 2. The van der Waals surface area contributed by atoms with Gasteiger partial charge < -0.3 is 15.7 Å². The van der Waals surface area contributed by atoms with Crippen molar-refractivity contribution in [3.8, 4) is 0 Å². The number of amides is 1. The van der Waals surface area contributed by atoms with Gasteiger partial charge in [0.05, 0.1) is 10.8 Å². The van der Waals surface area contributed by atoms with E-state index in [2.05, 4.69) is 10.6 Å². The summed E-state index contributed by atoms with van der Waals surface area (Å²) in [6, 6.07) is 12.0. The smallest absolute Gasteiger partial charge is 0.308 e. The molecule has 0 saturated heterocycles. The van der Waals surface area contributed by atoms with Crippen LogP contribution in [0.5, 0.6) is 0 Å². The second-order valence-electron chi connectivity index (χ2n) is 7.35. The van der Waals surface area contributed by atoms with Gasteiger partial charge in [-0.25, -0.2) is 0 Å². The number of nitrogens with one attached hydrogen (secondary N) is 2. The number of aliphatic carboxylic acids is 1. The summed E-state index contributed by atoms with van der Waals surface area (Å²) in [4.78, 5) is 34.8. The molecule has 1 amide bonds. The summed E-state index contributed by atoms with van der Waals surface area (Å²) in [6.07, 6.45) is 2.22. The van der Waals surface area contributed by atoms with E-state index in [-0.39, 0.29) is 30.3 Å². The first kappa shape index (κ1) is 20.3. The second-order valence-corrected chi connectivity index (χ2v) is 7.35. The lowest BCUT2D eigenvalue weighted by Crippen LogP contribution is -2.34. The zero-order chi connectivity index (χ0) is 21.0. The van der Waals surface area contributed by atoms with Gasteiger partial charge in [-0.2, -0.15) is 0 Å². The van der Waals surface area contributed by atoms with Crippen LogP contribution in [0.1, 0.15) is 34.3 Å². The topological polar surface area (TPSA) is 122 Å². The van der Waals surface area contributed by atoms with Crippen molar-refractivity contribution in [2.75, 3.05) is 11.9 Å². The number of nitro benzene ring substituents is 1. The number of rotatable bonds is 9. The minimum atomic E-state index is -1.01. The third-order valence-electron chi connectivity index (χ3n) is 4.82. The summed E-state index contributed by atoms with van der Waals surface area (Å²) < 4.78 is 0. The number of nitro groups is 1. The van der Waals surface area contributed by atoms with Crippen LogP contribution in [-0.2, 0) is 11.2 Å². The van der Waals surface area contributed by atoms with Gasteiger partial charge in [0.2, 0.25) is 0 Å². The van der Waals surface area contributed by atoms with Gasteiger partial charge in [-0.3, -0.25) is 19.7 Å². The maximum Gasteiger partial charge on any atom is 0.308 e. The molecule has 1 aliphatic carbocycles. The van der Waals surface area contributed by atoms with Crippen LogP contribution in [0.3, 0.4) is 0 Å². The summed E-state index contributed by atoms with van der Waals surface area (Å²) in [5, 5.41) is 26.5. The Bertz CT molecular complexity index is 940. The van der Waals surface area contributed by atoms with Crippen molar-refractivity contribution >= 4 is 23.3 Å². The third kappa shape index (κ3) is 5.54. The fraction of sp³-hybridized carbons (Fsp3) is 0.333. The molecule has 29 heavy (non-hydrogen) atoms. The van der Waals surface area contributed by atoms with Crippen LogP contribution in [0.2, 0.25) is 0 Å². The minimum Gasteiger partial charge on any atom is -0.481 e. The Balaban J connectivity index is 1.67. The van der Waals surface area contributed by atoms with Crippen LogP contribution < -0.4 is 10.6 Å². The first-order valence-corrected chi connectivity index (χ1v) is 9.45. The molecule has 0 aromatic heterocycles. The van der Waals surface area contributed by atoms with Gasteiger partial charge in [0.1, 0.15) is 5.69 Å². The number of carboxylic acids is 1. The number of hydrogen-bond acceptors (Lipinski definition) is 5. The van der Waals surface area contributed by atoms with Gasteiger partial charge in [0.15, 0.2) is 0 Å². The largest absolute Gasteiger partial charge is 0.481 e. The van der Waals surface area contributed by atoms with Gasteiger partial charge in [0, 0.05) is 24.2 Å². The molecule has 1 unspecified atom stereocenters. The molecule has 1 atom stereocenters. The lowest BCUT2D eigenvalue weighted by molar-refractivity contribution is -0.384. The Morgan fingerprint density at radius 3 is 2.62 bits per heavy atom. The van der Waals surface area contributed by atoms with Crippen molar-refractivity contribution in [3.63, 3.8) is 0 Å². The molecule has 152 valence electrons. The van der Waals surface area contributed by atoms with E-state index >= 15 is 0 Å². The first-order valence-electron chi connectivity index (χ1n) is 9.45. The molecule has 0 radical (unpaired) electrons. The zero-order valence-electron chi connectivity index (χ0n) is 16.1. The van der Waals surface area contributed by atoms with Crippen LogP contribution in [0.15, 0.2) is 42.5 Å². The summed E-state index contributed by atoms with van der Waals surface area (Å²) in [5.41, 5.74) is 2.24. The lowest BCUT2D eigenvalue weighted by Gasteiger charge is -2.14. The van der Waals surface area contributed by atoms with E-state index in [4.69, 9.17) is 0 Å². The Labute approximate surface area is 168 Å². The number of hydrogen-bond donors (Lipinski definition) is 3. The van der Waals surface area contributed by atoms with Crippen molar-refractivity contribution in [1.29, 1.82) is 0 Å². The van der Waals surface area contributed by atoms with Gasteiger partial charge in [-0.15, -0.1) is 0 Å². The van der Waals surface area contributed by atoms with Crippen molar-refractivity contribution in [3.05, 3.63) is 69.3 Å². The summed E-state index contributed by atoms with van der Waals surface area (Å²) in [7, 11) is 0. The third-order valence-corrected chi connectivity index (χ3v) is 4.82.